The average molecular weight is 491 g/mol. The highest BCUT2D eigenvalue weighted by Gasteiger charge is 2.28. The third kappa shape index (κ3) is 5.60. The Labute approximate surface area is 199 Å². The number of aromatic nitrogens is 3. The highest BCUT2D eigenvalue weighted by Crippen LogP contribution is 2.39. The van der Waals surface area contributed by atoms with Crippen LogP contribution in [0.4, 0.5) is 5.00 Å². The van der Waals surface area contributed by atoms with Crippen LogP contribution in [0.3, 0.4) is 0 Å². The molecule has 170 valence electrons. The molecular weight excluding hydrogens is 464 g/mol. The van der Waals surface area contributed by atoms with E-state index in [1.807, 2.05) is 24.5 Å². The molecule has 0 aromatic carbocycles. The zero-order valence-corrected chi connectivity index (χ0v) is 20.6. The van der Waals surface area contributed by atoms with Crippen LogP contribution in [0.1, 0.15) is 52.4 Å². The number of anilines is 1. The molecule has 0 saturated heterocycles. The van der Waals surface area contributed by atoms with Crippen molar-refractivity contribution in [2.75, 3.05) is 11.1 Å². The maximum Gasteiger partial charge on any atom is 0.341 e. The molecule has 0 spiro atoms. The number of carbonyl (C=O) groups excluding carboxylic acids is 2. The Morgan fingerprint density at radius 3 is 2.94 bits per heavy atom. The van der Waals surface area contributed by atoms with E-state index in [9.17, 15) is 9.59 Å². The van der Waals surface area contributed by atoms with Crippen LogP contribution in [0.25, 0.3) is 0 Å². The molecule has 0 bridgehead atoms. The Morgan fingerprint density at radius 2 is 2.16 bits per heavy atom. The molecule has 0 atom stereocenters. The molecule has 1 amide bonds. The number of hydrogen-bond acceptors (Lipinski definition) is 8. The van der Waals surface area contributed by atoms with E-state index in [2.05, 4.69) is 27.0 Å². The van der Waals surface area contributed by atoms with Crippen LogP contribution in [-0.2, 0) is 35.3 Å². The molecule has 0 radical (unpaired) electrons. The summed E-state index contributed by atoms with van der Waals surface area (Å²) in [5.41, 5.74) is 1.58. The Kier molecular flexibility index (Phi) is 7.64. The van der Waals surface area contributed by atoms with Crippen LogP contribution >= 0.6 is 34.4 Å². The number of thioether (sulfide) groups is 1. The minimum Gasteiger partial charge on any atom is -0.459 e. The highest BCUT2D eigenvalue weighted by molar-refractivity contribution is 7.99. The summed E-state index contributed by atoms with van der Waals surface area (Å²) in [7, 11) is 0. The number of hydrogen-bond donors (Lipinski definition) is 1. The third-order valence-corrected chi connectivity index (χ3v) is 8.19. The zero-order chi connectivity index (χ0) is 22.5. The van der Waals surface area contributed by atoms with E-state index in [4.69, 9.17) is 4.74 Å². The summed E-state index contributed by atoms with van der Waals surface area (Å²) in [6.07, 6.45) is 6.35. The molecule has 3 heterocycles. The Morgan fingerprint density at radius 1 is 1.31 bits per heavy atom. The maximum atomic E-state index is 12.8. The number of aryl methyl sites for hydroxylation is 3. The van der Waals surface area contributed by atoms with Crippen LogP contribution in [0.2, 0.25) is 0 Å². The number of thiophene rings is 2. The predicted molar refractivity (Wildman–Crippen MR) is 129 cm³/mol. The van der Waals surface area contributed by atoms with Crippen LogP contribution in [0, 0.1) is 0 Å². The summed E-state index contributed by atoms with van der Waals surface area (Å²) in [4.78, 5) is 28.0. The number of amides is 1. The fourth-order valence-corrected chi connectivity index (χ4v) is 6.36. The van der Waals surface area contributed by atoms with Gasteiger partial charge in [-0.15, -0.1) is 32.9 Å². The van der Waals surface area contributed by atoms with Gasteiger partial charge in [-0.25, -0.2) is 4.79 Å². The Balaban J connectivity index is 1.40. The lowest BCUT2D eigenvalue weighted by atomic mass is 9.95. The van der Waals surface area contributed by atoms with Crippen LogP contribution in [0.5, 0.6) is 0 Å². The Bertz CT molecular complexity index is 1070. The summed E-state index contributed by atoms with van der Waals surface area (Å²) >= 11 is 4.58. The topological polar surface area (TPSA) is 86.1 Å². The molecule has 4 rings (SSSR count). The van der Waals surface area contributed by atoms with E-state index in [1.165, 1.54) is 32.9 Å². The zero-order valence-electron chi connectivity index (χ0n) is 18.1. The first-order valence-electron chi connectivity index (χ1n) is 10.7. The van der Waals surface area contributed by atoms with Gasteiger partial charge in [0.25, 0.3) is 0 Å². The third-order valence-electron chi connectivity index (χ3n) is 5.06. The summed E-state index contributed by atoms with van der Waals surface area (Å²) in [5, 5.41) is 14.5. The van der Waals surface area contributed by atoms with Crippen molar-refractivity contribution in [3.63, 3.8) is 0 Å². The first-order chi connectivity index (χ1) is 15.5. The van der Waals surface area contributed by atoms with Crippen molar-refractivity contribution in [2.45, 2.75) is 63.8 Å². The van der Waals surface area contributed by atoms with Gasteiger partial charge < -0.3 is 14.6 Å². The lowest BCUT2D eigenvalue weighted by Gasteiger charge is -2.14. The maximum absolute atomic E-state index is 12.8. The van der Waals surface area contributed by atoms with Gasteiger partial charge in [0.2, 0.25) is 5.91 Å². The average Bonchev–Trinajstić information content (AvgIpc) is 3.49. The van der Waals surface area contributed by atoms with E-state index in [-0.39, 0.29) is 23.7 Å². The summed E-state index contributed by atoms with van der Waals surface area (Å²) < 4.78 is 7.43. The van der Waals surface area contributed by atoms with Crippen molar-refractivity contribution < 1.29 is 14.3 Å². The Hall–Kier alpha value is -2.17. The second kappa shape index (κ2) is 10.6. The fourth-order valence-electron chi connectivity index (χ4n) is 3.63. The van der Waals surface area contributed by atoms with Crippen molar-refractivity contribution in [3.05, 3.63) is 44.7 Å². The van der Waals surface area contributed by atoms with Crippen molar-refractivity contribution in [3.8, 4) is 0 Å². The number of nitrogens with zero attached hydrogens (tertiary/aromatic N) is 3. The molecule has 3 aromatic heterocycles. The first-order valence-corrected chi connectivity index (χ1v) is 13.4. The minimum atomic E-state index is -0.351. The van der Waals surface area contributed by atoms with E-state index in [0.717, 1.165) is 44.2 Å². The van der Waals surface area contributed by atoms with E-state index < -0.39 is 0 Å². The molecule has 0 unspecified atom stereocenters. The first kappa shape index (κ1) is 23.0. The number of ether oxygens (including phenoxy) is 1. The van der Waals surface area contributed by atoms with Gasteiger partial charge in [0.1, 0.15) is 11.3 Å². The predicted octanol–water partition coefficient (Wildman–Crippen LogP) is 4.82. The largest absolute Gasteiger partial charge is 0.459 e. The van der Waals surface area contributed by atoms with Crippen molar-refractivity contribution in [2.24, 2.45) is 0 Å². The van der Waals surface area contributed by atoms with Crippen LogP contribution in [0.15, 0.2) is 29.0 Å². The monoisotopic (exact) mass is 490 g/mol. The molecule has 0 fully saturated rings. The number of fused-ring (bicyclic) bond motifs is 1. The quantitative estimate of drug-likeness (QED) is 0.342. The number of carbonyl (C=O) groups is 2. The van der Waals surface area contributed by atoms with Gasteiger partial charge in [-0.3, -0.25) is 4.79 Å². The van der Waals surface area contributed by atoms with Gasteiger partial charge in [-0.2, -0.15) is 0 Å². The molecule has 1 aliphatic rings. The summed E-state index contributed by atoms with van der Waals surface area (Å²) in [6.45, 7) is 4.43. The SMILES string of the molecule is CC(C)OC(=O)c1c(NC(=O)CSc2nncn2CCc2cccs2)sc2c1CCCC2. The van der Waals surface area contributed by atoms with Gasteiger partial charge in [0.15, 0.2) is 5.16 Å². The van der Waals surface area contributed by atoms with Crippen molar-refractivity contribution in [1.82, 2.24) is 14.8 Å². The molecule has 0 saturated carbocycles. The highest BCUT2D eigenvalue weighted by atomic mass is 32.2. The lowest BCUT2D eigenvalue weighted by molar-refractivity contribution is -0.113. The van der Waals surface area contributed by atoms with E-state index >= 15 is 0 Å². The number of nitrogens with one attached hydrogen (secondary N) is 1. The standard InChI is InChI=1S/C22H26N4O3S3/c1-14(2)29-21(28)19-16-7-3-4-8-17(16)32-20(19)24-18(27)12-31-22-25-23-13-26(22)10-9-15-6-5-11-30-15/h5-6,11,13-14H,3-4,7-10,12H2,1-2H3,(H,24,27). The van der Waals surface area contributed by atoms with Crippen LogP contribution in [-0.4, -0.2) is 38.5 Å². The molecule has 7 nitrogen and oxygen atoms in total. The second-order valence-electron chi connectivity index (χ2n) is 7.84. The molecule has 10 heteroatoms. The molecule has 0 aliphatic heterocycles. The number of rotatable bonds is 9. The molecular formula is C22H26N4O3S3. The lowest BCUT2D eigenvalue weighted by Crippen LogP contribution is -2.19. The van der Waals surface area contributed by atoms with Gasteiger partial charge in [-0.05, 0) is 63.0 Å². The smallest absolute Gasteiger partial charge is 0.341 e. The van der Waals surface area contributed by atoms with Crippen molar-refractivity contribution >= 4 is 51.3 Å². The molecule has 32 heavy (non-hydrogen) atoms. The van der Waals surface area contributed by atoms with Gasteiger partial charge in [0.05, 0.1) is 17.4 Å². The minimum absolute atomic E-state index is 0.167. The second-order valence-corrected chi connectivity index (χ2v) is 10.9. The van der Waals surface area contributed by atoms with Gasteiger partial charge >= 0.3 is 5.97 Å². The van der Waals surface area contributed by atoms with Crippen molar-refractivity contribution in [1.29, 1.82) is 0 Å². The van der Waals surface area contributed by atoms with E-state index in [1.54, 1.807) is 17.7 Å². The fraction of sp³-hybridized carbons (Fsp3) is 0.455. The van der Waals surface area contributed by atoms with Gasteiger partial charge in [-0.1, -0.05) is 17.8 Å². The summed E-state index contributed by atoms with van der Waals surface area (Å²) in [5.74, 6) is -0.325. The summed E-state index contributed by atoms with van der Waals surface area (Å²) in [6, 6.07) is 4.15. The number of esters is 1. The molecule has 1 aliphatic carbocycles. The molecule has 3 aromatic rings. The van der Waals surface area contributed by atoms with Crippen LogP contribution < -0.4 is 5.32 Å². The normalized spacial score (nSPS) is 13.2. The van der Waals surface area contributed by atoms with Gasteiger partial charge in [0, 0.05) is 16.3 Å². The molecule has 1 N–H and O–H groups in total. The van der Waals surface area contributed by atoms with E-state index in [0.29, 0.717) is 15.7 Å².